The van der Waals surface area contributed by atoms with Gasteiger partial charge in [0.1, 0.15) is 0 Å². The molecular formula is C6H9N3O3. The molecule has 0 bridgehead atoms. The fourth-order valence-electron chi connectivity index (χ4n) is 0.694. The molecular weight excluding hydrogens is 162 g/mol. The van der Waals surface area contributed by atoms with Crippen LogP contribution in [0.15, 0.2) is 9.21 Å². The molecule has 0 aromatic carbocycles. The van der Waals surface area contributed by atoms with E-state index in [-0.39, 0.29) is 5.89 Å². The maximum absolute atomic E-state index is 10.9. The Hall–Kier alpha value is -1.59. The standard InChI is InChI=1S/C6H9N3O3/c1-3-4-8-9(5(10)7-2)6(11)12-4/h3H2,1-2H3,(H,7,10). The van der Waals surface area contributed by atoms with Crippen LogP contribution in [0.3, 0.4) is 0 Å². The zero-order valence-corrected chi connectivity index (χ0v) is 6.83. The average Bonchev–Trinajstić information content (AvgIpc) is 2.45. The van der Waals surface area contributed by atoms with Gasteiger partial charge in [0.25, 0.3) is 0 Å². The minimum atomic E-state index is -0.758. The molecule has 0 radical (unpaired) electrons. The minimum absolute atomic E-state index is 0.253. The first kappa shape index (κ1) is 8.51. The van der Waals surface area contributed by atoms with E-state index in [0.29, 0.717) is 11.1 Å². The molecule has 6 nitrogen and oxygen atoms in total. The maximum Gasteiger partial charge on any atom is 0.446 e. The van der Waals surface area contributed by atoms with Crippen LogP contribution in [0.1, 0.15) is 12.8 Å². The Labute approximate surface area is 68.2 Å². The monoisotopic (exact) mass is 171 g/mol. The number of aryl methyl sites for hydroxylation is 1. The van der Waals surface area contributed by atoms with Crippen molar-refractivity contribution in [1.29, 1.82) is 0 Å². The van der Waals surface area contributed by atoms with Crippen molar-refractivity contribution in [3.05, 3.63) is 16.4 Å². The molecule has 0 unspecified atom stereocenters. The molecule has 1 aromatic rings. The van der Waals surface area contributed by atoms with Crippen molar-refractivity contribution < 1.29 is 9.21 Å². The van der Waals surface area contributed by atoms with Crippen LogP contribution in [-0.4, -0.2) is 22.9 Å². The number of hydrogen-bond acceptors (Lipinski definition) is 4. The molecule has 12 heavy (non-hydrogen) atoms. The first-order valence-electron chi connectivity index (χ1n) is 3.50. The van der Waals surface area contributed by atoms with Crippen LogP contribution in [0.5, 0.6) is 0 Å². The second kappa shape index (κ2) is 3.21. The topological polar surface area (TPSA) is 77.1 Å². The smallest absolute Gasteiger partial charge is 0.392 e. The highest BCUT2D eigenvalue weighted by Crippen LogP contribution is 1.89. The van der Waals surface area contributed by atoms with Gasteiger partial charge in [0, 0.05) is 13.5 Å². The third-order valence-corrected chi connectivity index (χ3v) is 1.30. The fraction of sp³-hybridized carbons (Fsp3) is 0.500. The van der Waals surface area contributed by atoms with Crippen LogP contribution in [0, 0.1) is 0 Å². The number of nitrogens with zero attached hydrogens (tertiary/aromatic N) is 2. The van der Waals surface area contributed by atoms with Gasteiger partial charge in [-0.1, -0.05) is 6.92 Å². The number of nitrogens with one attached hydrogen (secondary N) is 1. The van der Waals surface area contributed by atoms with E-state index in [2.05, 4.69) is 14.8 Å². The van der Waals surface area contributed by atoms with E-state index in [1.165, 1.54) is 7.05 Å². The lowest BCUT2D eigenvalue weighted by molar-refractivity contribution is 0.239. The highest BCUT2D eigenvalue weighted by atomic mass is 16.4. The zero-order chi connectivity index (χ0) is 9.14. The summed E-state index contributed by atoms with van der Waals surface area (Å²) in [5, 5.41) is 5.89. The molecule has 0 spiro atoms. The summed E-state index contributed by atoms with van der Waals surface area (Å²) in [5.74, 6) is -0.505. The van der Waals surface area contributed by atoms with E-state index in [0.717, 1.165) is 0 Å². The first-order valence-corrected chi connectivity index (χ1v) is 3.50. The van der Waals surface area contributed by atoms with Gasteiger partial charge in [-0.25, -0.2) is 9.59 Å². The van der Waals surface area contributed by atoms with Gasteiger partial charge in [-0.15, -0.1) is 9.78 Å². The molecule has 1 amide bonds. The molecule has 6 heteroatoms. The highest BCUT2D eigenvalue weighted by molar-refractivity contribution is 5.74. The molecule has 0 aliphatic rings. The molecule has 0 fully saturated rings. The Balaban J connectivity index is 3.08. The van der Waals surface area contributed by atoms with Crippen molar-refractivity contribution in [2.24, 2.45) is 0 Å². The third kappa shape index (κ3) is 1.36. The van der Waals surface area contributed by atoms with Crippen LogP contribution in [0.4, 0.5) is 4.79 Å². The number of aromatic nitrogens is 2. The second-order valence-corrected chi connectivity index (χ2v) is 2.08. The Morgan fingerprint density at radius 1 is 1.75 bits per heavy atom. The summed E-state index contributed by atoms with van der Waals surface area (Å²) >= 11 is 0. The summed E-state index contributed by atoms with van der Waals surface area (Å²) in [4.78, 5) is 21.8. The van der Waals surface area contributed by atoms with E-state index < -0.39 is 11.8 Å². The molecule has 0 saturated heterocycles. The predicted octanol–water partition coefficient (Wildman–Crippen LogP) is -0.414. The normalized spacial score (nSPS) is 9.83. The second-order valence-electron chi connectivity index (χ2n) is 2.08. The molecule has 0 saturated carbocycles. The number of carbonyl (C=O) groups is 1. The Morgan fingerprint density at radius 2 is 2.42 bits per heavy atom. The molecule has 0 aliphatic heterocycles. The number of rotatable bonds is 1. The first-order chi connectivity index (χ1) is 5.69. The van der Waals surface area contributed by atoms with Gasteiger partial charge in [0.05, 0.1) is 0 Å². The van der Waals surface area contributed by atoms with Crippen LogP contribution in [0.2, 0.25) is 0 Å². The van der Waals surface area contributed by atoms with Crippen molar-refractivity contribution in [3.8, 4) is 0 Å². The van der Waals surface area contributed by atoms with Gasteiger partial charge in [-0.05, 0) is 0 Å². The van der Waals surface area contributed by atoms with Gasteiger partial charge in [-0.2, -0.15) is 0 Å². The number of amides is 1. The van der Waals surface area contributed by atoms with Crippen LogP contribution >= 0.6 is 0 Å². The Kier molecular flexibility index (Phi) is 2.27. The van der Waals surface area contributed by atoms with E-state index in [1.807, 2.05) is 0 Å². The molecule has 0 atom stereocenters. The summed E-state index contributed by atoms with van der Waals surface area (Å²) in [6.45, 7) is 1.78. The zero-order valence-electron chi connectivity index (χ0n) is 6.83. The number of hydrogen-bond donors (Lipinski definition) is 1. The van der Waals surface area contributed by atoms with E-state index in [9.17, 15) is 9.59 Å². The molecule has 66 valence electrons. The van der Waals surface area contributed by atoms with Gasteiger partial charge < -0.3 is 9.73 Å². The highest BCUT2D eigenvalue weighted by Gasteiger charge is 2.11. The SMILES string of the molecule is CCc1nn(C(=O)NC)c(=O)o1. The molecule has 0 aliphatic carbocycles. The van der Waals surface area contributed by atoms with Crippen molar-refractivity contribution in [2.45, 2.75) is 13.3 Å². The van der Waals surface area contributed by atoms with Gasteiger partial charge >= 0.3 is 11.8 Å². The largest absolute Gasteiger partial charge is 0.446 e. The average molecular weight is 171 g/mol. The third-order valence-electron chi connectivity index (χ3n) is 1.30. The van der Waals surface area contributed by atoms with E-state index in [4.69, 9.17) is 0 Å². The quantitative estimate of drug-likeness (QED) is 0.622. The lowest BCUT2D eigenvalue weighted by Gasteiger charge is -1.92. The van der Waals surface area contributed by atoms with E-state index in [1.54, 1.807) is 6.92 Å². The van der Waals surface area contributed by atoms with Crippen LogP contribution in [-0.2, 0) is 6.42 Å². The van der Waals surface area contributed by atoms with Crippen molar-refractivity contribution in [3.63, 3.8) is 0 Å². The lowest BCUT2D eigenvalue weighted by Crippen LogP contribution is -2.32. The summed E-state index contributed by atoms with van der Waals surface area (Å²) in [6, 6.07) is -0.594. The van der Waals surface area contributed by atoms with Crippen molar-refractivity contribution >= 4 is 6.03 Å². The Morgan fingerprint density at radius 3 is 2.83 bits per heavy atom. The molecule has 1 heterocycles. The van der Waals surface area contributed by atoms with Gasteiger partial charge in [0.15, 0.2) is 0 Å². The lowest BCUT2D eigenvalue weighted by atomic mass is 10.5. The van der Waals surface area contributed by atoms with Crippen molar-refractivity contribution in [1.82, 2.24) is 15.1 Å². The predicted molar refractivity (Wildman–Crippen MR) is 40.0 cm³/mol. The summed E-state index contributed by atoms with van der Waals surface area (Å²) in [7, 11) is 1.41. The summed E-state index contributed by atoms with van der Waals surface area (Å²) in [5.41, 5.74) is 0. The van der Waals surface area contributed by atoms with Gasteiger partial charge in [-0.3, -0.25) is 0 Å². The minimum Gasteiger partial charge on any atom is -0.392 e. The van der Waals surface area contributed by atoms with Gasteiger partial charge in [0.2, 0.25) is 5.89 Å². The summed E-state index contributed by atoms with van der Waals surface area (Å²) in [6.07, 6.45) is 0.485. The molecule has 1 aromatic heterocycles. The Bertz CT molecular complexity index is 338. The number of carbonyl (C=O) groups excluding carboxylic acids is 1. The fourth-order valence-corrected chi connectivity index (χ4v) is 0.694. The van der Waals surface area contributed by atoms with Crippen LogP contribution < -0.4 is 11.1 Å². The van der Waals surface area contributed by atoms with Crippen LogP contribution in [0.25, 0.3) is 0 Å². The van der Waals surface area contributed by atoms with Crippen molar-refractivity contribution in [2.75, 3.05) is 7.05 Å². The summed E-state index contributed by atoms with van der Waals surface area (Å²) < 4.78 is 5.27. The molecule has 1 rings (SSSR count). The van der Waals surface area contributed by atoms with E-state index >= 15 is 0 Å². The maximum atomic E-state index is 10.9. The molecule has 1 N–H and O–H groups in total.